The van der Waals surface area contributed by atoms with Crippen LogP contribution in [-0.4, -0.2) is 68.2 Å². The molecule has 1 aliphatic heterocycles. The molecule has 0 radical (unpaired) electrons. The van der Waals surface area contributed by atoms with Gasteiger partial charge in [-0.15, -0.1) is 0 Å². The first-order valence-corrected chi connectivity index (χ1v) is 33.2. The lowest BCUT2D eigenvalue weighted by molar-refractivity contribution is 0.00578. The van der Waals surface area contributed by atoms with Gasteiger partial charge in [0, 0.05) is 82.9 Å². The van der Waals surface area contributed by atoms with Gasteiger partial charge in [0.2, 0.25) is 0 Å². The Bertz CT molecular complexity index is 5380. The zero-order chi connectivity index (χ0) is 66.6. The molecular formula is C84H62BBrN10O2. The molecule has 0 spiro atoms. The molecule has 16 aromatic rings. The fourth-order valence-electron chi connectivity index (χ4n) is 11.7. The van der Waals surface area contributed by atoms with Crippen molar-refractivity contribution in [3.05, 3.63) is 308 Å². The normalized spacial score (nSPS) is 13.0. The van der Waals surface area contributed by atoms with Crippen LogP contribution in [0.4, 0.5) is 0 Å². The van der Waals surface area contributed by atoms with Crippen LogP contribution in [0.3, 0.4) is 0 Å². The molecule has 0 atom stereocenters. The van der Waals surface area contributed by atoms with Crippen LogP contribution < -0.4 is 5.46 Å². The fraction of sp³-hybridized carbons (Fsp3) is 0.0714. The molecule has 1 fully saturated rings. The maximum Gasteiger partial charge on any atom is 0.494 e. The SMILES string of the molecule is Brc1ccc(-c2ccc3ccc4cccnc4c3n2)cc1.CC1(C)OB(c2ccc(-c3nc(-c4ccccc4)nc(-c4ccccc4)n3)cc2)OC1(C)C.c1ccc(-c2nc(-c3ccccc3)nc(-c3ccc(-c4ccc(-c5ccc6ccc7cccnc7c6n5)cc4)cc3)n2)cc1. The predicted octanol–water partition coefficient (Wildman–Crippen LogP) is 19.7. The molecule has 10 aromatic carbocycles. The summed E-state index contributed by atoms with van der Waals surface area (Å²) in [6.45, 7) is 8.23. The lowest BCUT2D eigenvalue weighted by Crippen LogP contribution is -2.41. The van der Waals surface area contributed by atoms with Crippen molar-refractivity contribution < 1.29 is 9.31 Å². The molecule has 0 unspecified atom stereocenters. The van der Waals surface area contributed by atoms with Crippen molar-refractivity contribution in [2.75, 3.05) is 0 Å². The number of aromatic nitrogens is 10. The molecule has 7 heterocycles. The number of pyridine rings is 4. The second-order valence-electron chi connectivity index (χ2n) is 24.8. The summed E-state index contributed by atoms with van der Waals surface area (Å²) in [6, 6.07) is 97.9. The van der Waals surface area contributed by atoms with Gasteiger partial charge in [0.1, 0.15) is 0 Å². The lowest BCUT2D eigenvalue weighted by Gasteiger charge is -2.32. The van der Waals surface area contributed by atoms with E-state index in [9.17, 15) is 0 Å². The van der Waals surface area contributed by atoms with E-state index in [0.29, 0.717) is 34.9 Å². The average molecular weight is 1330 g/mol. The molecule has 6 aromatic heterocycles. The number of nitrogens with zero attached hydrogens (tertiary/aromatic N) is 10. The Labute approximate surface area is 576 Å². The van der Waals surface area contributed by atoms with Crippen molar-refractivity contribution in [1.82, 2.24) is 49.8 Å². The summed E-state index contributed by atoms with van der Waals surface area (Å²) in [5.41, 5.74) is 15.9. The van der Waals surface area contributed by atoms with Crippen molar-refractivity contribution in [3.8, 4) is 102 Å². The maximum absolute atomic E-state index is 6.19. The molecule has 0 bridgehead atoms. The standard InChI is InChI=1S/C39H25N5.C27H26BN3O2.C18H11BrN2/c1-3-8-31(9-4-1)37-42-38(32-10-5-2-6-11-32)44-39(43-37)33-21-15-27(16-22-33)26-13-17-28(18-14-26)34-24-23-30-20-19-29-12-7-25-40-35(29)36(30)41-34;1-26(2)27(3,4)33-28(32-26)22-17-15-21(16-18-22)25-30-23(19-11-7-5-8-12-19)29-24(31-25)20-13-9-6-10-14-20;19-15-8-5-12(6-9-15)16-10-7-14-4-3-13-2-1-11-20-17(13)18(14)21-16/h1-25H;5-18H,1-4H3;1-11H. The Morgan fingerprint density at radius 3 is 0.878 bits per heavy atom. The zero-order valence-electron chi connectivity index (χ0n) is 54.1. The first kappa shape index (κ1) is 62.4. The van der Waals surface area contributed by atoms with Gasteiger partial charge < -0.3 is 9.31 Å². The van der Waals surface area contributed by atoms with E-state index >= 15 is 0 Å². The van der Waals surface area contributed by atoms with Crippen LogP contribution in [0.2, 0.25) is 0 Å². The summed E-state index contributed by atoms with van der Waals surface area (Å²) in [7, 11) is -0.401. The molecule has 0 saturated carbocycles. The second kappa shape index (κ2) is 27.2. The molecular weight excluding hydrogens is 1270 g/mol. The highest BCUT2D eigenvalue weighted by Gasteiger charge is 2.51. The van der Waals surface area contributed by atoms with Crippen LogP contribution in [0, 0.1) is 0 Å². The van der Waals surface area contributed by atoms with Crippen LogP contribution in [0.15, 0.2) is 308 Å². The number of hydrogen-bond donors (Lipinski definition) is 0. The van der Waals surface area contributed by atoms with Crippen molar-refractivity contribution in [2.45, 2.75) is 38.9 Å². The molecule has 0 aliphatic carbocycles. The van der Waals surface area contributed by atoms with Crippen molar-refractivity contribution in [1.29, 1.82) is 0 Å². The first-order valence-electron chi connectivity index (χ1n) is 32.4. The number of hydrogen-bond acceptors (Lipinski definition) is 12. The summed E-state index contributed by atoms with van der Waals surface area (Å²) >= 11 is 3.46. The van der Waals surface area contributed by atoms with Crippen LogP contribution in [0.5, 0.6) is 0 Å². The third-order valence-corrected chi connectivity index (χ3v) is 18.3. The molecule has 0 amide bonds. The van der Waals surface area contributed by atoms with Crippen molar-refractivity contribution >= 4 is 72.1 Å². The van der Waals surface area contributed by atoms with Gasteiger partial charge in [0.25, 0.3) is 0 Å². The summed E-state index contributed by atoms with van der Waals surface area (Å²) in [5.74, 6) is 3.87. The minimum absolute atomic E-state index is 0.375. The fourth-order valence-corrected chi connectivity index (χ4v) is 11.9. The van der Waals surface area contributed by atoms with Crippen LogP contribution in [0.25, 0.3) is 146 Å². The van der Waals surface area contributed by atoms with Gasteiger partial charge in [-0.1, -0.05) is 271 Å². The molecule has 0 N–H and O–H groups in total. The number of fused-ring (bicyclic) bond motifs is 6. The van der Waals surface area contributed by atoms with Gasteiger partial charge in [-0.2, -0.15) is 0 Å². The van der Waals surface area contributed by atoms with Gasteiger partial charge in [-0.05, 0) is 80.7 Å². The summed E-state index contributed by atoms with van der Waals surface area (Å²) in [6.07, 6.45) is 3.64. The largest absolute Gasteiger partial charge is 0.494 e. The third-order valence-electron chi connectivity index (χ3n) is 17.8. The minimum Gasteiger partial charge on any atom is -0.399 e. The Morgan fingerprint density at radius 2 is 0.531 bits per heavy atom. The van der Waals surface area contributed by atoms with E-state index in [1.807, 2.05) is 182 Å². The van der Waals surface area contributed by atoms with Gasteiger partial charge >= 0.3 is 7.12 Å². The predicted molar refractivity (Wildman–Crippen MR) is 400 cm³/mol. The Hall–Kier alpha value is -11.7. The average Bonchev–Trinajstić information content (AvgIpc) is 1.51. The topological polar surface area (TPSA) is 147 Å². The van der Waals surface area contributed by atoms with Crippen molar-refractivity contribution in [3.63, 3.8) is 0 Å². The van der Waals surface area contributed by atoms with Gasteiger partial charge in [-0.3, -0.25) is 9.97 Å². The Kier molecular flexibility index (Phi) is 17.3. The summed E-state index contributed by atoms with van der Waals surface area (Å²) in [4.78, 5) is 47.7. The van der Waals surface area contributed by atoms with Crippen LogP contribution in [-0.2, 0) is 9.31 Å². The number of benzene rings is 10. The van der Waals surface area contributed by atoms with Crippen LogP contribution >= 0.6 is 15.9 Å². The number of rotatable bonds is 10. The Morgan fingerprint density at radius 1 is 0.255 bits per heavy atom. The zero-order valence-corrected chi connectivity index (χ0v) is 55.7. The molecule has 12 nitrogen and oxygen atoms in total. The summed E-state index contributed by atoms with van der Waals surface area (Å²) < 4.78 is 13.4. The van der Waals surface area contributed by atoms with E-state index in [2.05, 4.69) is 175 Å². The van der Waals surface area contributed by atoms with E-state index in [1.54, 1.807) is 0 Å². The van der Waals surface area contributed by atoms with Gasteiger partial charge in [0.05, 0.1) is 44.7 Å². The first-order chi connectivity index (χ1) is 47.9. The third kappa shape index (κ3) is 13.4. The highest BCUT2D eigenvalue weighted by molar-refractivity contribution is 9.10. The van der Waals surface area contributed by atoms with Crippen LogP contribution in [0.1, 0.15) is 27.7 Å². The summed E-state index contributed by atoms with van der Waals surface area (Å²) in [5, 5.41) is 4.40. The Balaban J connectivity index is 0.000000128. The van der Waals surface area contributed by atoms with E-state index in [4.69, 9.17) is 49.2 Å². The van der Waals surface area contributed by atoms with Crippen molar-refractivity contribution in [2.24, 2.45) is 0 Å². The molecule has 1 aliphatic rings. The lowest BCUT2D eigenvalue weighted by atomic mass is 9.79. The monoisotopic (exact) mass is 1330 g/mol. The highest BCUT2D eigenvalue weighted by Crippen LogP contribution is 2.38. The quantitative estimate of drug-likeness (QED) is 0.0948. The maximum atomic E-state index is 6.19. The van der Waals surface area contributed by atoms with Gasteiger partial charge in [0.15, 0.2) is 34.9 Å². The van der Waals surface area contributed by atoms with E-state index in [-0.39, 0.29) is 11.2 Å². The van der Waals surface area contributed by atoms with E-state index < -0.39 is 7.12 Å². The number of halogens is 1. The molecule has 470 valence electrons. The molecule has 98 heavy (non-hydrogen) atoms. The smallest absolute Gasteiger partial charge is 0.399 e. The molecule has 14 heteroatoms. The molecule has 17 rings (SSSR count). The highest BCUT2D eigenvalue weighted by atomic mass is 79.9. The minimum atomic E-state index is -0.401. The molecule has 1 saturated heterocycles. The van der Waals surface area contributed by atoms with E-state index in [0.717, 1.165) is 121 Å². The second-order valence-corrected chi connectivity index (χ2v) is 25.7. The van der Waals surface area contributed by atoms with Gasteiger partial charge in [-0.25, -0.2) is 39.9 Å². The van der Waals surface area contributed by atoms with E-state index in [1.165, 1.54) is 0 Å².